The molecule has 1 aliphatic heterocycles. The molecule has 1 saturated heterocycles. The summed E-state index contributed by atoms with van der Waals surface area (Å²) in [6.45, 7) is 8.25. The van der Waals surface area contributed by atoms with Crippen molar-refractivity contribution in [1.29, 1.82) is 0 Å². The Bertz CT molecular complexity index is 244. The van der Waals surface area contributed by atoms with Crippen LogP contribution >= 0.6 is 0 Å². The average molecular weight is 242 g/mol. The van der Waals surface area contributed by atoms with Crippen molar-refractivity contribution in [3.05, 3.63) is 0 Å². The van der Waals surface area contributed by atoms with E-state index in [0.717, 1.165) is 6.42 Å². The van der Waals surface area contributed by atoms with Crippen molar-refractivity contribution in [2.24, 2.45) is 23.7 Å². The first-order valence-electron chi connectivity index (χ1n) is 6.96. The standard InChI is InChI=1S/C14H26O3/c1-10(2)13-5-4-11(3)6-14(13)16-8-12(7-15)9-17-14/h10-13,15H,4-9H2,1-3H3/t11-,12?,13+,14?/m1/s1. The summed E-state index contributed by atoms with van der Waals surface area (Å²) in [4.78, 5) is 0. The van der Waals surface area contributed by atoms with Gasteiger partial charge in [-0.05, 0) is 18.3 Å². The van der Waals surface area contributed by atoms with Gasteiger partial charge in [-0.1, -0.05) is 27.2 Å². The van der Waals surface area contributed by atoms with Crippen LogP contribution in [0.1, 0.15) is 40.0 Å². The van der Waals surface area contributed by atoms with Gasteiger partial charge in [-0.25, -0.2) is 0 Å². The largest absolute Gasteiger partial charge is 0.396 e. The maximum atomic E-state index is 9.14. The third-order valence-corrected chi connectivity index (χ3v) is 4.36. The molecule has 1 saturated carbocycles. The highest BCUT2D eigenvalue weighted by molar-refractivity contribution is 4.90. The Hall–Kier alpha value is -0.120. The second-order valence-corrected chi connectivity index (χ2v) is 6.22. The molecule has 1 spiro atoms. The van der Waals surface area contributed by atoms with E-state index in [1.165, 1.54) is 12.8 Å². The SMILES string of the molecule is CC(C)[C@@H]1CC[C@@H](C)CC12OCC(CO)CO2. The van der Waals surface area contributed by atoms with Gasteiger partial charge in [0.05, 0.1) is 19.8 Å². The van der Waals surface area contributed by atoms with E-state index in [4.69, 9.17) is 14.6 Å². The van der Waals surface area contributed by atoms with Gasteiger partial charge < -0.3 is 14.6 Å². The minimum absolute atomic E-state index is 0.158. The van der Waals surface area contributed by atoms with E-state index in [1.807, 2.05) is 0 Å². The van der Waals surface area contributed by atoms with Gasteiger partial charge in [-0.3, -0.25) is 0 Å². The number of aliphatic hydroxyl groups excluding tert-OH is 1. The molecule has 1 heterocycles. The summed E-state index contributed by atoms with van der Waals surface area (Å²) in [6.07, 6.45) is 3.48. The maximum absolute atomic E-state index is 9.14. The van der Waals surface area contributed by atoms with Gasteiger partial charge in [0.25, 0.3) is 0 Å². The van der Waals surface area contributed by atoms with E-state index in [1.54, 1.807) is 0 Å². The monoisotopic (exact) mass is 242 g/mol. The Balaban J connectivity index is 2.08. The number of rotatable bonds is 2. The normalized spacial score (nSPS) is 43.2. The topological polar surface area (TPSA) is 38.7 Å². The Kier molecular flexibility index (Phi) is 4.11. The van der Waals surface area contributed by atoms with Crippen LogP contribution in [0.2, 0.25) is 0 Å². The van der Waals surface area contributed by atoms with Gasteiger partial charge >= 0.3 is 0 Å². The van der Waals surface area contributed by atoms with Crippen molar-refractivity contribution in [2.75, 3.05) is 19.8 Å². The summed E-state index contributed by atoms with van der Waals surface area (Å²) in [7, 11) is 0. The zero-order valence-corrected chi connectivity index (χ0v) is 11.3. The van der Waals surface area contributed by atoms with Gasteiger partial charge in [-0.15, -0.1) is 0 Å². The predicted octanol–water partition coefficient (Wildman–Crippen LogP) is 2.43. The first kappa shape index (κ1) is 13.3. The van der Waals surface area contributed by atoms with Crippen LogP contribution < -0.4 is 0 Å². The predicted molar refractivity (Wildman–Crippen MR) is 66.6 cm³/mol. The molecule has 0 unspecified atom stereocenters. The summed E-state index contributed by atoms with van der Waals surface area (Å²) in [6, 6.07) is 0. The Morgan fingerprint density at radius 2 is 1.88 bits per heavy atom. The van der Waals surface area contributed by atoms with Gasteiger partial charge in [-0.2, -0.15) is 0 Å². The fraction of sp³-hybridized carbons (Fsp3) is 1.00. The van der Waals surface area contributed by atoms with Crippen LogP contribution in [-0.2, 0) is 9.47 Å². The lowest BCUT2D eigenvalue weighted by Crippen LogP contribution is -2.54. The second-order valence-electron chi connectivity index (χ2n) is 6.22. The first-order valence-corrected chi connectivity index (χ1v) is 6.96. The fourth-order valence-electron chi connectivity index (χ4n) is 3.31. The molecule has 0 aromatic rings. The molecule has 1 aliphatic carbocycles. The third-order valence-electron chi connectivity index (χ3n) is 4.36. The zero-order valence-electron chi connectivity index (χ0n) is 11.3. The molecule has 3 heteroatoms. The van der Waals surface area contributed by atoms with Crippen LogP contribution in [-0.4, -0.2) is 30.7 Å². The zero-order chi connectivity index (χ0) is 12.5. The van der Waals surface area contributed by atoms with E-state index in [-0.39, 0.29) is 18.3 Å². The molecule has 100 valence electrons. The first-order chi connectivity index (χ1) is 8.07. The third kappa shape index (κ3) is 2.67. The van der Waals surface area contributed by atoms with Gasteiger partial charge in [0.2, 0.25) is 0 Å². The molecule has 2 atom stereocenters. The number of aliphatic hydroxyl groups is 1. The van der Waals surface area contributed by atoms with Crippen molar-refractivity contribution in [3.8, 4) is 0 Å². The van der Waals surface area contributed by atoms with E-state index < -0.39 is 0 Å². The van der Waals surface area contributed by atoms with Crippen LogP contribution in [0.4, 0.5) is 0 Å². The molecule has 3 nitrogen and oxygen atoms in total. The second kappa shape index (κ2) is 5.25. The lowest BCUT2D eigenvalue weighted by atomic mass is 9.72. The highest BCUT2D eigenvalue weighted by Crippen LogP contribution is 2.45. The highest BCUT2D eigenvalue weighted by atomic mass is 16.7. The number of hydrogen-bond donors (Lipinski definition) is 1. The minimum atomic E-state index is -0.364. The quantitative estimate of drug-likeness (QED) is 0.808. The molecule has 2 fully saturated rings. The Labute approximate surface area is 104 Å². The van der Waals surface area contributed by atoms with Crippen molar-refractivity contribution in [2.45, 2.75) is 45.8 Å². The summed E-state index contributed by atoms with van der Waals surface area (Å²) in [5.74, 6) is 1.56. The molecular weight excluding hydrogens is 216 g/mol. The molecule has 0 radical (unpaired) electrons. The molecular formula is C14H26O3. The van der Waals surface area contributed by atoms with Crippen LogP contribution in [0.25, 0.3) is 0 Å². The number of ether oxygens (including phenoxy) is 2. The van der Waals surface area contributed by atoms with E-state index in [2.05, 4.69) is 20.8 Å². The van der Waals surface area contributed by atoms with Crippen LogP contribution in [0, 0.1) is 23.7 Å². The minimum Gasteiger partial charge on any atom is -0.396 e. The van der Waals surface area contributed by atoms with E-state index in [9.17, 15) is 0 Å². The van der Waals surface area contributed by atoms with Crippen LogP contribution in [0.3, 0.4) is 0 Å². The maximum Gasteiger partial charge on any atom is 0.171 e. The molecule has 2 rings (SSSR count). The smallest absolute Gasteiger partial charge is 0.171 e. The van der Waals surface area contributed by atoms with Crippen molar-refractivity contribution < 1.29 is 14.6 Å². The highest BCUT2D eigenvalue weighted by Gasteiger charge is 2.48. The summed E-state index contributed by atoms with van der Waals surface area (Å²) in [5.41, 5.74) is 0. The van der Waals surface area contributed by atoms with Crippen molar-refractivity contribution >= 4 is 0 Å². The Morgan fingerprint density at radius 3 is 2.41 bits per heavy atom. The summed E-state index contributed by atoms with van der Waals surface area (Å²) >= 11 is 0. The number of hydrogen-bond acceptors (Lipinski definition) is 3. The molecule has 1 N–H and O–H groups in total. The molecule has 0 aromatic carbocycles. The lowest BCUT2D eigenvalue weighted by molar-refractivity contribution is -0.331. The van der Waals surface area contributed by atoms with Crippen LogP contribution in [0.15, 0.2) is 0 Å². The van der Waals surface area contributed by atoms with E-state index >= 15 is 0 Å². The molecule has 17 heavy (non-hydrogen) atoms. The Morgan fingerprint density at radius 1 is 1.24 bits per heavy atom. The van der Waals surface area contributed by atoms with Gasteiger partial charge in [0, 0.05) is 18.3 Å². The molecule has 0 aromatic heterocycles. The molecule has 2 aliphatic rings. The summed E-state index contributed by atoms with van der Waals surface area (Å²) in [5, 5.41) is 9.14. The van der Waals surface area contributed by atoms with Crippen molar-refractivity contribution in [1.82, 2.24) is 0 Å². The van der Waals surface area contributed by atoms with Crippen LogP contribution in [0.5, 0.6) is 0 Å². The summed E-state index contributed by atoms with van der Waals surface area (Å²) < 4.78 is 12.1. The fourth-order valence-corrected chi connectivity index (χ4v) is 3.31. The molecule has 0 bridgehead atoms. The lowest BCUT2D eigenvalue weighted by Gasteiger charge is -2.50. The van der Waals surface area contributed by atoms with Gasteiger partial charge in [0.1, 0.15) is 0 Å². The van der Waals surface area contributed by atoms with Crippen molar-refractivity contribution in [3.63, 3.8) is 0 Å². The average Bonchev–Trinajstić information content (AvgIpc) is 2.29. The molecule has 0 amide bonds. The van der Waals surface area contributed by atoms with E-state index in [0.29, 0.717) is 31.0 Å². The van der Waals surface area contributed by atoms with Gasteiger partial charge in [0.15, 0.2) is 5.79 Å².